The number of hydrogen-bond acceptors (Lipinski definition) is 4. The van der Waals surface area contributed by atoms with Crippen LogP contribution in [-0.4, -0.2) is 31.4 Å². The van der Waals surface area contributed by atoms with E-state index < -0.39 is 0 Å². The first-order valence-electron chi connectivity index (χ1n) is 8.70. The molecule has 2 atom stereocenters. The molecule has 4 heteroatoms. The number of aliphatic imine (C=N–C) groups is 1. The van der Waals surface area contributed by atoms with Crippen LogP contribution in [0.1, 0.15) is 24.4 Å². The van der Waals surface area contributed by atoms with E-state index >= 15 is 0 Å². The Kier molecular flexibility index (Phi) is 4.58. The third-order valence-electron chi connectivity index (χ3n) is 4.72. The molecule has 2 heterocycles. The number of ether oxygens (including phenoxy) is 1. The highest BCUT2D eigenvalue weighted by Crippen LogP contribution is 2.30. The van der Waals surface area contributed by atoms with Gasteiger partial charge in [0.05, 0.1) is 5.71 Å². The van der Waals surface area contributed by atoms with Crippen LogP contribution in [-0.2, 0) is 0 Å². The lowest BCUT2D eigenvalue weighted by Crippen LogP contribution is -2.47. The zero-order valence-electron chi connectivity index (χ0n) is 13.7. The van der Waals surface area contributed by atoms with E-state index in [9.17, 15) is 0 Å². The monoisotopic (exact) mass is 321 g/mol. The van der Waals surface area contributed by atoms with Crippen molar-refractivity contribution in [1.29, 1.82) is 0 Å². The summed E-state index contributed by atoms with van der Waals surface area (Å²) in [6.07, 6.45) is 2.38. The summed E-state index contributed by atoms with van der Waals surface area (Å²) in [4.78, 5) is 4.74. The number of para-hydroxylation sites is 2. The number of rotatable bonds is 4. The zero-order chi connectivity index (χ0) is 16.2. The second kappa shape index (κ2) is 7.16. The Labute approximate surface area is 143 Å². The molecule has 24 heavy (non-hydrogen) atoms. The summed E-state index contributed by atoms with van der Waals surface area (Å²) in [5, 5.41) is 7.35. The van der Waals surface area contributed by atoms with E-state index in [4.69, 9.17) is 9.73 Å². The Morgan fingerprint density at radius 2 is 1.92 bits per heavy atom. The molecule has 0 amide bonds. The molecule has 4 rings (SSSR count). The van der Waals surface area contributed by atoms with E-state index in [0.717, 1.165) is 30.2 Å². The summed E-state index contributed by atoms with van der Waals surface area (Å²) in [5.74, 6) is 0.878. The first-order valence-corrected chi connectivity index (χ1v) is 8.70. The van der Waals surface area contributed by atoms with Crippen molar-refractivity contribution in [3.05, 3.63) is 60.2 Å². The van der Waals surface area contributed by atoms with E-state index in [2.05, 4.69) is 41.0 Å². The molecule has 2 unspecified atom stereocenters. The maximum atomic E-state index is 5.80. The van der Waals surface area contributed by atoms with Gasteiger partial charge in [0.25, 0.3) is 0 Å². The molecule has 0 saturated carbocycles. The standard InChI is InChI=1S/C20H23N3O/c1-2-7-15(8-3-1)20-18(10-6-12-21-20)22-13-16-14-24-19-11-5-4-9-17(19)23-16/h1-5,7-9,11,18,20-22H,6,10,12-14H2. The van der Waals surface area contributed by atoms with Crippen molar-refractivity contribution < 1.29 is 4.74 Å². The Bertz CT molecular complexity index is 714. The van der Waals surface area contributed by atoms with Crippen molar-refractivity contribution in [3.8, 4) is 5.75 Å². The number of benzene rings is 2. The van der Waals surface area contributed by atoms with Gasteiger partial charge in [-0.05, 0) is 37.1 Å². The fraction of sp³-hybridized carbons (Fsp3) is 0.350. The van der Waals surface area contributed by atoms with Crippen LogP contribution < -0.4 is 15.4 Å². The molecule has 2 N–H and O–H groups in total. The number of fused-ring (bicyclic) bond motifs is 1. The van der Waals surface area contributed by atoms with Gasteiger partial charge >= 0.3 is 0 Å². The highest BCUT2D eigenvalue weighted by molar-refractivity contribution is 5.92. The predicted octanol–water partition coefficient (Wildman–Crippen LogP) is 3.23. The smallest absolute Gasteiger partial charge is 0.145 e. The third kappa shape index (κ3) is 3.35. The highest BCUT2D eigenvalue weighted by atomic mass is 16.5. The molecule has 4 nitrogen and oxygen atoms in total. The van der Waals surface area contributed by atoms with Gasteiger partial charge in [0.1, 0.15) is 18.0 Å². The molecule has 2 aromatic carbocycles. The first-order chi connectivity index (χ1) is 11.9. The minimum Gasteiger partial charge on any atom is -0.485 e. The van der Waals surface area contributed by atoms with Gasteiger partial charge in [-0.2, -0.15) is 0 Å². The maximum absolute atomic E-state index is 5.80. The molecule has 0 aromatic heterocycles. The normalized spacial score (nSPS) is 23.1. The zero-order valence-corrected chi connectivity index (χ0v) is 13.7. The SMILES string of the molecule is c1ccc(C2NCCCC2NCC2=Nc3ccccc3OC2)cc1. The molecule has 2 aliphatic heterocycles. The van der Waals surface area contributed by atoms with Crippen molar-refractivity contribution in [2.75, 3.05) is 19.7 Å². The van der Waals surface area contributed by atoms with Crippen molar-refractivity contribution in [3.63, 3.8) is 0 Å². The van der Waals surface area contributed by atoms with Crippen molar-refractivity contribution in [2.45, 2.75) is 24.9 Å². The summed E-state index contributed by atoms with van der Waals surface area (Å²) < 4.78 is 5.80. The van der Waals surface area contributed by atoms with Gasteiger partial charge in [0.2, 0.25) is 0 Å². The summed E-state index contributed by atoms with van der Waals surface area (Å²) in [7, 11) is 0. The van der Waals surface area contributed by atoms with Crippen LogP contribution in [0.5, 0.6) is 5.75 Å². The fourth-order valence-electron chi connectivity index (χ4n) is 3.49. The maximum Gasteiger partial charge on any atom is 0.145 e. The largest absolute Gasteiger partial charge is 0.485 e. The average Bonchev–Trinajstić information content (AvgIpc) is 2.67. The summed E-state index contributed by atoms with van der Waals surface area (Å²) in [6.45, 7) is 2.42. The summed E-state index contributed by atoms with van der Waals surface area (Å²) in [5.41, 5.74) is 3.34. The van der Waals surface area contributed by atoms with E-state index in [0.29, 0.717) is 18.7 Å². The molecule has 0 bridgehead atoms. The van der Waals surface area contributed by atoms with Crippen molar-refractivity contribution in [2.24, 2.45) is 4.99 Å². The average molecular weight is 321 g/mol. The lowest BCUT2D eigenvalue weighted by Gasteiger charge is -2.34. The number of nitrogens with one attached hydrogen (secondary N) is 2. The second-order valence-electron chi connectivity index (χ2n) is 6.41. The molecule has 2 aromatic rings. The second-order valence-corrected chi connectivity index (χ2v) is 6.41. The Balaban J connectivity index is 1.44. The Morgan fingerprint density at radius 1 is 1.08 bits per heavy atom. The van der Waals surface area contributed by atoms with Gasteiger partial charge in [-0.25, -0.2) is 4.99 Å². The van der Waals surface area contributed by atoms with Gasteiger partial charge in [0.15, 0.2) is 0 Å². The van der Waals surface area contributed by atoms with Crippen LogP contribution in [0, 0.1) is 0 Å². The van der Waals surface area contributed by atoms with E-state index in [1.807, 2.05) is 24.3 Å². The first kappa shape index (κ1) is 15.4. The number of nitrogens with zero attached hydrogens (tertiary/aromatic N) is 1. The van der Waals surface area contributed by atoms with E-state index in [-0.39, 0.29) is 0 Å². The summed E-state index contributed by atoms with van der Waals surface area (Å²) in [6, 6.07) is 19.4. The molecule has 1 fully saturated rings. The van der Waals surface area contributed by atoms with Crippen LogP contribution in [0.2, 0.25) is 0 Å². The molecule has 124 valence electrons. The Hall–Kier alpha value is -2.17. The molecule has 0 aliphatic carbocycles. The highest BCUT2D eigenvalue weighted by Gasteiger charge is 2.26. The fourth-order valence-corrected chi connectivity index (χ4v) is 3.49. The van der Waals surface area contributed by atoms with Gasteiger partial charge < -0.3 is 15.4 Å². The molecule has 1 saturated heterocycles. The van der Waals surface area contributed by atoms with Gasteiger partial charge in [-0.15, -0.1) is 0 Å². The van der Waals surface area contributed by atoms with E-state index in [1.54, 1.807) is 0 Å². The molecule has 2 aliphatic rings. The lowest BCUT2D eigenvalue weighted by atomic mass is 9.92. The third-order valence-corrected chi connectivity index (χ3v) is 4.72. The van der Waals surface area contributed by atoms with Crippen LogP contribution in [0.3, 0.4) is 0 Å². The van der Waals surface area contributed by atoms with Crippen molar-refractivity contribution in [1.82, 2.24) is 10.6 Å². The predicted molar refractivity (Wildman–Crippen MR) is 97.2 cm³/mol. The van der Waals surface area contributed by atoms with Gasteiger partial charge in [-0.1, -0.05) is 42.5 Å². The van der Waals surface area contributed by atoms with Crippen LogP contribution in [0.4, 0.5) is 5.69 Å². The lowest BCUT2D eigenvalue weighted by molar-refractivity contribution is 0.312. The quantitative estimate of drug-likeness (QED) is 0.909. The summed E-state index contributed by atoms with van der Waals surface area (Å²) >= 11 is 0. The van der Waals surface area contributed by atoms with Gasteiger partial charge in [-0.3, -0.25) is 0 Å². The number of hydrogen-bond donors (Lipinski definition) is 2. The van der Waals surface area contributed by atoms with Gasteiger partial charge in [0, 0.05) is 18.6 Å². The molecular weight excluding hydrogens is 298 g/mol. The molecule has 0 spiro atoms. The van der Waals surface area contributed by atoms with E-state index in [1.165, 1.54) is 18.4 Å². The molecule has 0 radical (unpaired) electrons. The van der Waals surface area contributed by atoms with Crippen LogP contribution in [0.15, 0.2) is 59.6 Å². The minimum absolute atomic E-state index is 0.359. The minimum atomic E-state index is 0.359. The van der Waals surface area contributed by atoms with Crippen molar-refractivity contribution >= 4 is 11.4 Å². The van der Waals surface area contributed by atoms with Crippen LogP contribution in [0.25, 0.3) is 0 Å². The number of piperidine rings is 1. The topological polar surface area (TPSA) is 45.7 Å². The molecular formula is C20H23N3O. The Morgan fingerprint density at radius 3 is 2.83 bits per heavy atom. The van der Waals surface area contributed by atoms with Crippen LogP contribution >= 0.6 is 0 Å².